The molecule has 1 unspecified atom stereocenters. The molecule has 0 bridgehead atoms. The summed E-state index contributed by atoms with van der Waals surface area (Å²) in [5.41, 5.74) is 1.75. The van der Waals surface area contributed by atoms with Crippen molar-refractivity contribution < 1.29 is 8.78 Å². The molecule has 0 radical (unpaired) electrons. The van der Waals surface area contributed by atoms with E-state index in [1.165, 1.54) is 5.69 Å². The van der Waals surface area contributed by atoms with Crippen molar-refractivity contribution in [2.24, 2.45) is 0 Å². The van der Waals surface area contributed by atoms with Crippen LogP contribution in [-0.2, 0) is 0 Å². The summed E-state index contributed by atoms with van der Waals surface area (Å²) in [5.74, 6) is 0.169. The van der Waals surface area contributed by atoms with Crippen LogP contribution in [0.1, 0.15) is 25.1 Å². The fraction of sp³-hybridized carbons (Fsp3) is 0.333. The summed E-state index contributed by atoms with van der Waals surface area (Å²) in [5, 5.41) is 0.807. The average molecular weight is 368 g/mol. The van der Waals surface area contributed by atoms with E-state index < -0.39 is 12.2 Å². The minimum Gasteiger partial charge on any atom is -0.369 e. The monoisotopic (exact) mass is 368 g/mol. The molecule has 4 nitrogen and oxygen atoms in total. The molecular weight excluding hydrogens is 346 g/mol. The molecular formula is C21H22F2N4. The number of para-hydroxylation sites is 2. The second kappa shape index (κ2) is 7.47. The average Bonchev–Trinajstić information content (AvgIpc) is 2.73. The van der Waals surface area contributed by atoms with E-state index in [4.69, 9.17) is 0 Å². The lowest BCUT2D eigenvalue weighted by molar-refractivity contribution is 0.141. The quantitative estimate of drug-likeness (QED) is 0.670. The highest BCUT2D eigenvalue weighted by Crippen LogP contribution is 2.30. The second-order valence-corrected chi connectivity index (χ2v) is 6.91. The Kier molecular flexibility index (Phi) is 4.88. The Hall–Kier alpha value is -2.76. The van der Waals surface area contributed by atoms with Gasteiger partial charge in [-0.05, 0) is 37.1 Å². The number of halogens is 2. The van der Waals surface area contributed by atoms with Gasteiger partial charge < -0.3 is 9.80 Å². The fourth-order valence-corrected chi connectivity index (χ4v) is 3.76. The number of aromatic nitrogens is 2. The molecule has 2 aromatic carbocycles. The van der Waals surface area contributed by atoms with Gasteiger partial charge >= 0.3 is 0 Å². The Balaban J connectivity index is 1.66. The lowest BCUT2D eigenvalue weighted by Gasteiger charge is -2.39. The van der Waals surface area contributed by atoms with Gasteiger partial charge in [0.2, 0.25) is 0 Å². The number of hydrogen-bond donors (Lipinski definition) is 0. The van der Waals surface area contributed by atoms with Gasteiger partial charge in [0.25, 0.3) is 6.43 Å². The third kappa shape index (κ3) is 3.56. The maximum absolute atomic E-state index is 13.3. The highest BCUT2D eigenvalue weighted by atomic mass is 19.3. The molecule has 27 heavy (non-hydrogen) atoms. The van der Waals surface area contributed by atoms with Gasteiger partial charge in [-0.2, -0.15) is 0 Å². The van der Waals surface area contributed by atoms with Crippen LogP contribution in [0.3, 0.4) is 0 Å². The van der Waals surface area contributed by atoms with E-state index in [-0.39, 0.29) is 6.04 Å². The van der Waals surface area contributed by atoms with E-state index in [1.807, 2.05) is 48.3 Å². The van der Waals surface area contributed by atoms with Gasteiger partial charge in [0, 0.05) is 37.3 Å². The van der Waals surface area contributed by atoms with Gasteiger partial charge in [0.05, 0.1) is 5.52 Å². The predicted octanol–water partition coefficient (Wildman–Crippen LogP) is 4.67. The van der Waals surface area contributed by atoms with Crippen molar-refractivity contribution in [3.8, 4) is 0 Å². The number of likely N-dealkylation sites (N-methyl/N-ethyl adjacent to an activating group) is 1. The van der Waals surface area contributed by atoms with Gasteiger partial charge in [-0.15, -0.1) is 0 Å². The third-order valence-corrected chi connectivity index (χ3v) is 5.20. The Bertz CT molecular complexity index is 916. The Morgan fingerprint density at radius 3 is 2.56 bits per heavy atom. The number of hydrogen-bond acceptors (Lipinski definition) is 4. The second-order valence-electron chi connectivity index (χ2n) is 6.91. The molecule has 6 heteroatoms. The van der Waals surface area contributed by atoms with Crippen molar-refractivity contribution in [3.63, 3.8) is 0 Å². The first-order valence-corrected chi connectivity index (χ1v) is 9.21. The molecule has 1 fully saturated rings. The Labute approximate surface area is 157 Å². The van der Waals surface area contributed by atoms with Crippen LogP contribution in [0.2, 0.25) is 0 Å². The van der Waals surface area contributed by atoms with Crippen molar-refractivity contribution in [1.29, 1.82) is 0 Å². The summed E-state index contributed by atoms with van der Waals surface area (Å²) in [4.78, 5) is 12.6. The molecule has 0 saturated carbocycles. The van der Waals surface area contributed by atoms with Crippen LogP contribution in [0.25, 0.3) is 10.9 Å². The van der Waals surface area contributed by atoms with E-state index in [0.717, 1.165) is 31.3 Å². The standard InChI is InChI=1S/C21H22F2N4/c1-26(16-10-7-13-27(14-16)15-8-3-2-4-9-15)21-17-11-5-6-12-18(17)24-20(25-21)19(22)23/h2-6,8-9,11-12,16,19H,7,10,13-14H2,1H3. The first-order chi connectivity index (χ1) is 13.1. The molecule has 2 heterocycles. The van der Waals surface area contributed by atoms with Crippen LogP contribution in [0.5, 0.6) is 0 Å². The van der Waals surface area contributed by atoms with Crippen molar-refractivity contribution in [2.45, 2.75) is 25.3 Å². The smallest absolute Gasteiger partial charge is 0.297 e. The summed E-state index contributed by atoms with van der Waals surface area (Å²) in [6.45, 7) is 1.84. The number of rotatable bonds is 4. The molecule has 0 amide bonds. The SMILES string of the molecule is CN(c1nc(C(F)F)nc2ccccc12)C1CCCN(c2ccccc2)C1. The highest BCUT2D eigenvalue weighted by molar-refractivity contribution is 5.89. The summed E-state index contributed by atoms with van der Waals surface area (Å²) >= 11 is 0. The third-order valence-electron chi connectivity index (χ3n) is 5.20. The van der Waals surface area contributed by atoms with Crippen LogP contribution >= 0.6 is 0 Å². The zero-order valence-corrected chi connectivity index (χ0v) is 15.2. The van der Waals surface area contributed by atoms with Gasteiger partial charge in [-0.3, -0.25) is 0 Å². The van der Waals surface area contributed by atoms with Crippen molar-refractivity contribution in [2.75, 3.05) is 29.9 Å². The van der Waals surface area contributed by atoms with Gasteiger partial charge in [0.1, 0.15) is 5.82 Å². The number of alkyl halides is 2. The highest BCUT2D eigenvalue weighted by Gasteiger charge is 2.26. The minimum absolute atomic E-state index is 0.197. The van der Waals surface area contributed by atoms with Crippen molar-refractivity contribution >= 4 is 22.4 Å². The van der Waals surface area contributed by atoms with E-state index in [2.05, 4.69) is 27.0 Å². The molecule has 4 rings (SSSR count). The largest absolute Gasteiger partial charge is 0.369 e. The summed E-state index contributed by atoms with van der Waals surface area (Å²) in [6.07, 6.45) is -0.634. The van der Waals surface area contributed by atoms with Gasteiger partial charge in [-0.1, -0.05) is 30.3 Å². The molecule has 1 aliphatic heterocycles. The number of anilines is 2. The number of piperidine rings is 1. The topological polar surface area (TPSA) is 32.3 Å². The molecule has 1 atom stereocenters. The van der Waals surface area contributed by atoms with Crippen LogP contribution in [0, 0.1) is 0 Å². The summed E-state index contributed by atoms with van der Waals surface area (Å²) < 4.78 is 26.6. The zero-order chi connectivity index (χ0) is 18.8. The lowest BCUT2D eigenvalue weighted by atomic mass is 10.0. The number of fused-ring (bicyclic) bond motifs is 1. The Morgan fingerprint density at radius 1 is 1.04 bits per heavy atom. The van der Waals surface area contributed by atoms with Crippen LogP contribution in [0.15, 0.2) is 54.6 Å². The predicted molar refractivity (Wildman–Crippen MR) is 105 cm³/mol. The van der Waals surface area contributed by atoms with Crippen LogP contribution in [0.4, 0.5) is 20.3 Å². The molecule has 0 aliphatic carbocycles. The first-order valence-electron chi connectivity index (χ1n) is 9.21. The van der Waals surface area contributed by atoms with Gasteiger partial charge in [-0.25, -0.2) is 18.7 Å². The van der Waals surface area contributed by atoms with E-state index >= 15 is 0 Å². The summed E-state index contributed by atoms with van der Waals surface area (Å²) in [6, 6.07) is 17.9. The Morgan fingerprint density at radius 2 is 1.78 bits per heavy atom. The normalized spacial score (nSPS) is 17.5. The zero-order valence-electron chi connectivity index (χ0n) is 15.2. The lowest BCUT2D eigenvalue weighted by Crippen LogP contribution is -2.47. The maximum Gasteiger partial charge on any atom is 0.297 e. The fourth-order valence-electron chi connectivity index (χ4n) is 3.76. The van der Waals surface area contributed by atoms with Crippen LogP contribution in [-0.4, -0.2) is 36.1 Å². The van der Waals surface area contributed by atoms with Crippen molar-refractivity contribution in [3.05, 3.63) is 60.4 Å². The molecule has 1 aromatic heterocycles. The van der Waals surface area contributed by atoms with E-state index in [0.29, 0.717) is 11.3 Å². The van der Waals surface area contributed by atoms with E-state index in [9.17, 15) is 8.78 Å². The number of nitrogens with zero attached hydrogens (tertiary/aromatic N) is 4. The molecule has 140 valence electrons. The molecule has 1 aliphatic rings. The molecule has 1 saturated heterocycles. The molecule has 3 aromatic rings. The molecule has 0 N–H and O–H groups in total. The van der Waals surface area contributed by atoms with Crippen LogP contribution < -0.4 is 9.80 Å². The maximum atomic E-state index is 13.3. The minimum atomic E-state index is -2.69. The summed E-state index contributed by atoms with van der Waals surface area (Å²) in [7, 11) is 1.95. The van der Waals surface area contributed by atoms with Crippen molar-refractivity contribution in [1.82, 2.24) is 9.97 Å². The first kappa shape index (κ1) is 17.6. The molecule has 0 spiro atoms. The number of benzene rings is 2. The van der Waals surface area contributed by atoms with Gasteiger partial charge in [0.15, 0.2) is 5.82 Å². The van der Waals surface area contributed by atoms with E-state index in [1.54, 1.807) is 6.07 Å².